The number of pyridine rings is 1. The SMILES string of the molecule is Cc1cc(/C=C/C(=O)O)cnc1Oc1ccccc1. The van der Waals surface area contributed by atoms with Crippen molar-refractivity contribution in [3.8, 4) is 11.6 Å². The van der Waals surface area contributed by atoms with Crippen LogP contribution in [0, 0.1) is 6.92 Å². The van der Waals surface area contributed by atoms with Crippen molar-refractivity contribution in [2.45, 2.75) is 6.92 Å². The maximum absolute atomic E-state index is 10.4. The molecule has 19 heavy (non-hydrogen) atoms. The van der Waals surface area contributed by atoms with Gasteiger partial charge in [-0.15, -0.1) is 0 Å². The van der Waals surface area contributed by atoms with Gasteiger partial charge in [-0.3, -0.25) is 0 Å². The number of hydrogen-bond donors (Lipinski definition) is 1. The Morgan fingerprint density at radius 2 is 2.05 bits per heavy atom. The fourth-order valence-electron chi connectivity index (χ4n) is 1.55. The summed E-state index contributed by atoms with van der Waals surface area (Å²) in [6, 6.07) is 11.2. The Morgan fingerprint density at radius 3 is 2.68 bits per heavy atom. The van der Waals surface area contributed by atoms with Crippen molar-refractivity contribution in [1.29, 1.82) is 0 Å². The Morgan fingerprint density at radius 1 is 1.32 bits per heavy atom. The van der Waals surface area contributed by atoms with E-state index in [1.807, 2.05) is 43.3 Å². The maximum Gasteiger partial charge on any atom is 0.328 e. The molecule has 1 heterocycles. The van der Waals surface area contributed by atoms with Gasteiger partial charge in [-0.25, -0.2) is 9.78 Å². The molecule has 1 aromatic heterocycles. The Balaban J connectivity index is 2.18. The molecular weight excluding hydrogens is 242 g/mol. The third-order valence-electron chi connectivity index (χ3n) is 2.43. The first-order valence-electron chi connectivity index (χ1n) is 5.76. The van der Waals surface area contributed by atoms with E-state index in [0.29, 0.717) is 11.6 Å². The lowest BCUT2D eigenvalue weighted by molar-refractivity contribution is -0.131. The number of para-hydroxylation sites is 1. The van der Waals surface area contributed by atoms with Gasteiger partial charge in [0, 0.05) is 17.8 Å². The average Bonchev–Trinajstić information content (AvgIpc) is 2.40. The second kappa shape index (κ2) is 5.82. The summed E-state index contributed by atoms with van der Waals surface area (Å²) in [5, 5.41) is 8.56. The minimum Gasteiger partial charge on any atom is -0.478 e. The van der Waals surface area contributed by atoms with E-state index in [4.69, 9.17) is 9.84 Å². The van der Waals surface area contributed by atoms with Gasteiger partial charge in [0.05, 0.1) is 0 Å². The first-order valence-corrected chi connectivity index (χ1v) is 5.76. The van der Waals surface area contributed by atoms with E-state index >= 15 is 0 Å². The second-order valence-electron chi connectivity index (χ2n) is 3.98. The zero-order valence-corrected chi connectivity index (χ0v) is 10.4. The topological polar surface area (TPSA) is 59.4 Å². The van der Waals surface area contributed by atoms with Crippen molar-refractivity contribution in [2.75, 3.05) is 0 Å². The van der Waals surface area contributed by atoms with E-state index in [9.17, 15) is 4.79 Å². The van der Waals surface area contributed by atoms with Crippen molar-refractivity contribution in [2.24, 2.45) is 0 Å². The third-order valence-corrected chi connectivity index (χ3v) is 2.43. The predicted molar refractivity (Wildman–Crippen MR) is 72.2 cm³/mol. The molecule has 0 fully saturated rings. The molecule has 0 saturated carbocycles. The molecule has 0 unspecified atom stereocenters. The first kappa shape index (κ1) is 12.8. The van der Waals surface area contributed by atoms with Crippen LogP contribution < -0.4 is 4.74 Å². The lowest BCUT2D eigenvalue weighted by Crippen LogP contribution is -1.92. The van der Waals surface area contributed by atoms with Crippen molar-refractivity contribution < 1.29 is 14.6 Å². The van der Waals surface area contributed by atoms with E-state index in [1.54, 1.807) is 6.20 Å². The quantitative estimate of drug-likeness (QED) is 0.852. The minimum absolute atomic E-state index is 0.513. The monoisotopic (exact) mass is 255 g/mol. The second-order valence-corrected chi connectivity index (χ2v) is 3.98. The fourth-order valence-corrected chi connectivity index (χ4v) is 1.55. The van der Waals surface area contributed by atoms with Crippen molar-refractivity contribution in [3.63, 3.8) is 0 Å². The van der Waals surface area contributed by atoms with Gasteiger partial charge in [0.1, 0.15) is 5.75 Å². The van der Waals surface area contributed by atoms with E-state index in [0.717, 1.165) is 17.2 Å². The lowest BCUT2D eigenvalue weighted by Gasteiger charge is -2.07. The number of hydrogen-bond acceptors (Lipinski definition) is 3. The summed E-state index contributed by atoms with van der Waals surface area (Å²) in [7, 11) is 0. The molecular formula is C15H13NO3. The summed E-state index contributed by atoms with van der Waals surface area (Å²) in [5.74, 6) is 0.243. The highest BCUT2D eigenvalue weighted by atomic mass is 16.5. The number of nitrogens with zero attached hydrogens (tertiary/aromatic N) is 1. The van der Waals surface area contributed by atoms with Crippen LogP contribution in [0.1, 0.15) is 11.1 Å². The molecule has 0 amide bonds. The number of rotatable bonds is 4. The van der Waals surface area contributed by atoms with Crippen LogP contribution >= 0.6 is 0 Å². The summed E-state index contributed by atoms with van der Waals surface area (Å²) in [5.41, 5.74) is 1.57. The molecule has 1 aromatic carbocycles. The van der Waals surface area contributed by atoms with Gasteiger partial charge in [0.25, 0.3) is 0 Å². The number of carbonyl (C=O) groups is 1. The average molecular weight is 255 g/mol. The Hall–Kier alpha value is -2.62. The van der Waals surface area contributed by atoms with Gasteiger partial charge in [0.2, 0.25) is 5.88 Å². The van der Waals surface area contributed by atoms with Crippen LogP contribution in [-0.2, 0) is 4.79 Å². The summed E-state index contributed by atoms with van der Waals surface area (Å²) < 4.78 is 5.64. The van der Waals surface area contributed by atoms with E-state index in [-0.39, 0.29) is 0 Å². The normalized spacial score (nSPS) is 10.6. The number of benzene rings is 1. The van der Waals surface area contributed by atoms with Crippen LogP contribution in [0.3, 0.4) is 0 Å². The molecule has 2 aromatic rings. The van der Waals surface area contributed by atoms with Gasteiger partial charge in [-0.2, -0.15) is 0 Å². The van der Waals surface area contributed by atoms with Crippen molar-refractivity contribution >= 4 is 12.0 Å². The van der Waals surface area contributed by atoms with Gasteiger partial charge in [-0.1, -0.05) is 18.2 Å². The molecule has 0 radical (unpaired) electrons. The lowest BCUT2D eigenvalue weighted by atomic mass is 10.2. The van der Waals surface area contributed by atoms with Crippen LogP contribution in [0.2, 0.25) is 0 Å². The minimum atomic E-state index is -0.984. The molecule has 0 atom stereocenters. The molecule has 0 saturated heterocycles. The highest BCUT2D eigenvalue weighted by molar-refractivity contribution is 5.85. The number of ether oxygens (including phenoxy) is 1. The molecule has 4 nitrogen and oxygen atoms in total. The van der Waals surface area contributed by atoms with Gasteiger partial charge >= 0.3 is 5.97 Å². The standard InChI is InChI=1S/C15H13NO3/c1-11-9-12(7-8-14(17)18)10-16-15(11)19-13-5-3-2-4-6-13/h2-10H,1H3,(H,17,18)/b8-7+. The zero-order chi connectivity index (χ0) is 13.7. The maximum atomic E-state index is 10.4. The third kappa shape index (κ3) is 3.67. The summed E-state index contributed by atoms with van der Waals surface area (Å²) in [6.45, 7) is 1.86. The number of carboxylic acids is 1. The Labute approximate surface area is 111 Å². The number of aliphatic carboxylic acids is 1. The van der Waals surface area contributed by atoms with Crippen LogP contribution in [0.25, 0.3) is 6.08 Å². The van der Waals surface area contributed by atoms with E-state index in [1.165, 1.54) is 6.08 Å². The summed E-state index contributed by atoms with van der Waals surface area (Å²) in [6.07, 6.45) is 4.15. The summed E-state index contributed by atoms with van der Waals surface area (Å²) >= 11 is 0. The van der Waals surface area contributed by atoms with Crippen molar-refractivity contribution in [1.82, 2.24) is 4.98 Å². The summed E-state index contributed by atoms with van der Waals surface area (Å²) in [4.78, 5) is 14.6. The predicted octanol–water partition coefficient (Wildman–Crippen LogP) is 3.28. The molecule has 1 N–H and O–H groups in total. The van der Waals surface area contributed by atoms with Crippen LogP contribution in [0.15, 0.2) is 48.7 Å². The molecule has 2 rings (SSSR count). The Bertz CT molecular complexity index is 606. The molecule has 0 aliphatic carbocycles. The number of aryl methyl sites for hydroxylation is 1. The molecule has 96 valence electrons. The molecule has 0 aliphatic heterocycles. The highest BCUT2D eigenvalue weighted by Gasteiger charge is 2.03. The van der Waals surface area contributed by atoms with Gasteiger partial charge < -0.3 is 9.84 Å². The van der Waals surface area contributed by atoms with E-state index in [2.05, 4.69) is 4.98 Å². The Kier molecular flexibility index (Phi) is 3.93. The first-order chi connectivity index (χ1) is 9.15. The number of carboxylic acid groups (broad SMARTS) is 1. The molecule has 0 aliphatic rings. The van der Waals surface area contributed by atoms with Crippen LogP contribution in [-0.4, -0.2) is 16.1 Å². The molecule has 4 heteroatoms. The van der Waals surface area contributed by atoms with Gasteiger partial charge in [-0.05, 0) is 36.8 Å². The van der Waals surface area contributed by atoms with E-state index < -0.39 is 5.97 Å². The van der Waals surface area contributed by atoms with Crippen molar-refractivity contribution in [3.05, 3.63) is 59.8 Å². The van der Waals surface area contributed by atoms with Gasteiger partial charge in [0.15, 0.2) is 0 Å². The molecule has 0 bridgehead atoms. The highest BCUT2D eigenvalue weighted by Crippen LogP contribution is 2.23. The van der Waals surface area contributed by atoms with Crippen LogP contribution in [0.5, 0.6) is 11.6 Å². The number of aromatic nitrogens is 1. The molecule has 0 spiro atoms. The zero-order valence-electron chi connectivity index (χ0n) is 10.4. The smallest absolute Gasteiger partial charge is 0.328 e. The largest absolute Gasteiger partial charge is 0.478 e. The fraction of sp³-hybridized carbons (Fsp3) is 0.0667. The van der Waals surface area contributed by atoms with Crippen LogP contribution in [0.4, 0.5) is 0 Å².